The number of ether oxygens (including phenoxy) is 2. The largest absolute Gasteiger partial charge is 0.493 e. The number of rotatable bonds is 7. The Morgan fingerprint density at radius 2 is 2.00 bits per heavy atom. The van der Waals surface area contributed by atoms with Crippen LogP contribution in [0.25, 0.3) is 11.4 Å². The second-order valence-corrected chi connectivity index (χ2v) is 7.74. The van der Waals surface area contributed by atoms with Crippen LogP contribution in [0.15, 0.2) is 51.9 Å². The van der Waals surface area contributed by atoms with Crippen molar-refractivity contribution in [2.24, 2.45) is 0 Å². The summed E-state index contributed by atoms with van der Waals surface area (Å²) in [4.78, 5) is 20.1. The third kappa shape index (κ3) is 4.00. The zero-order valence-electron chi connectivity index (χ0n) is 17.1. The van der Waals surface area contributed by atoms with Crippen molar-refractivity contribution >= 4 is 23.4 Å². The van der Waals surface area contributed by atoms with Crippen LogP contribution in [-0.4, -0.2) is 42.6 Å². The Bertz CT molecular complexity index is 1040. The number of aromatic nitrogens is 2. The Balaban J connectivity index is 1.52. The summed E-state index contributed by atoms with van der Waals surface area (Å²) in [5.41, 5.74) is 1.65. The first-order valence-corrected chi connectivity index (χ1v) is 10.9. The molecular weight excluding hydrogens is 402 g/mol. The van der Waals surface area contributed by atoms with Gasteiger partial charge in [0.2, 0.25) is 17.6 Å². The van der Waals surface area contributed by atoms with Crippen molar-refractivity contribution in [2.45, 2.75) is 24.2 Å². The molecule has 0 aliphatic carbocycles. The molecule has 0 N–H and O–H groups in total. The molecule has 2 aromatic carbocycles. The summed E-state index contributed by atoms with van der Waals surface area (Å²) >= 11 is 1.67. The van der Waals surface area contributed by atoms with Crippen LogP contribution >= 0.6 is 11.8 Å². The SMILES string of the molecule is CCOc1ccc(-c2noc(C3CC(=O)N(c4ccc(SC)cc4)C3)n2)cc1OC. The van der Waals surface area contributed by atoms with Crippen LogP contribution in [0.5, 0.6) is 11.5 Å². The first kappa shape index (κ1) is 20.3. The van der Waals surface area contributed by atoms with Gasteiger partial charge in [0, 0.05) is 29.1 Å². The molecule has 1 fully saturated rings. The van der Waals surface area contributed by atoms with E-state index >= 15 is 0 Å². The molecule has 1 atom stereocenters. The fourth-order valence-corrected chi connectivity index (χ4v) is 3.89. The van der Waals surface area contributed by atoms with Gasteiger partial charge in [-0.25, -0.2) is 0 Å². The lowest BCUT2D eigenvalue weighted by Crippen LogP contribution is -2.24. The molecule has 1 aliphatic heterocycles. The Morgan fingerprint density at radius 1 is 1.20 bits per heavy atom. The zero-order chi connectivity index (χ0) is 21.1. The minimum Gasteiger partial charge on any atom is -0.493 e. The van der Waals surface area contributed by atoms with Gasteiger partial charge in [-0.2, -0.15) is 4.98 Å². The van der Waals surface area contributed by atoms with E-state index < -0.39 is 0 Å². The van der Waals surface area contributed by atoms with E-state index in [2.05, 4.69) is 10.1 Å². The lowest BCUT2D eigenvalue weighted by Gasteiger charge is -2.16. The maximum Gasteiger partial charge on any atom is 0.232 e. The van der Waals surface area contributed by atoms with Gasteiger partial charge >= 0.3 is 0 Å². The zero-order valence-corrected chi connectivity index (χ0v) is 17.9. The van der Waals surface area contributed by atoms with Gasteiger partial charge in [0.25, 0.3) is 0 Å². The normalized spacial score (nSPS) is 16.2. The summed E-state index contributed by atoms with van der Waals surface area (Å²) in [6.45, 7) is 2.99. The molecule has 4 rings (SSSR count). The van der Waals surface area contributed by atoms with Crippen LogP contribution in [0.3, 0.4) is 0 Å². The van der Waals surface area contributed by atoms with Gasteiger partial charge in [-0.1, -0.05) is 5.16 Å². The van der Waals surface area contributed by atoms with E-state index in [-0.39, 0.29) is 11.8 Å². The fourth-order valence-electron chi connectivity index (χ4n) is 3.48. The van der Waals surface area contributed by atoms with Crippen LogP contribution in [0.4, 0.5) is 5.69 Å². The third-order valence-corrected chi connectivity index (χ3v) is 5.77. The Labute approximate surface area is 179 Å². The van der Waals surface area contributed by atoms with Gasteiger partial charge in [-0.05, 0) is 55.6 Å². The third-order valence-electron chi connectivity index (χ3n) is 5.02. The molecule has 0 saturated carbocycles. The van der Waals surface area contributed by atoms with E-state index in [1.54, 1.807) is 23.8 Å². The number of carbonyl (C=O) groups is 1. The molecule has 1 amide bonds. The van der Waals surface area contributed by atoms with Crippen LogP contribution in [0, 0.1) is 0 Å². The predicted molar refractivity (Wildman–Crippen MR) is 115 cm³/mol. The van der Waals surface area contributed by atoms with E-state index in [1.807, 2.05) is 55.6 Å². The summed E-state index contributed by atoms with van der Waals surface area (Å²) in [7, 11) is 1.59. The number of methoxy groups -OCH3 is 1. The molecule has 156 valence electrons. The lowest BCUT2D eigenvalue weighted by atomic mass is 10.1. The number of hydrogen-bond acceptors (Lipinski definition) is 7. The molecule has 3 aromatic rings. The van der Waals surface area contributed by atoms with Crippen molar-refractivity contribution in [3.8, 4) is 22.9 Å². The quantitative estimate of drug-likeness (QED) is 0.520. The number of thioether (sulfide) groups is 1. The molecule has 8 heteroatoms. The van der Waals surface area contributed by atoms with Crippen molar-refractivity contribution in [3.05, 3.63) is 48.4 Å². The van der Waals surface area contributed by atoms with Crippen LogP contribution in [0.2, 0.25) is 0 Å². The van der Waals surface area contributed by atoms with Gasteiger partial charge < -0.3 is 18.9 Å². The number of amides is 1. The predicted octanol–water partition coefficient (Wildman–Crippen LogP) is 4.39. The summed E-state index contributed by atoms with van der Waals surface area (Å²) in [5.74, 6) is 2.12. The van der Waals surface area contributed by atoms with Gasteiger partial charge in [0.05, 0.1) is 19.6 Å². The Morgan fingerprint density at radius 3 is 2.70 bits per heavy atom. The smallest absolute Gasteiger partial charge is 0.232 e. The fraction of sp³-hybridized carbons (Fsp3) is 0.318. The van der Waals surface area contributed by atoms with Gasteiger partial charge in [0.1, 0.15) is 0 Å². The summed E-state index contributed by atoms with van der Waals surface area (Å²) in [6, 6.07) is 13.5. The molecule has 2 heterocycles. The second-order valence-electron chi connectivity index (χ2n) is 6.86. The van der Waals surface area contributed by atoms with Crippen LogP contribution in [0.1, 0.15) is 25.2 Å². The molecule has 1 aromatic heterocycles. The first-order valence-electron chi connectivity index (χ1n) is 9.72. The molecular formula is C22H23N3O4S. The number of anilines is 1. The minimum atomic E-state index is -0.136. The monoisotopic (exact) mass is 425 g/mol. The maximum atomic E-state index is 12.6. The summed E-state index contributed by atoms with van der Waals surface area (Å²) in [5, 5.41) is 4.11. The summed E-state index contributed by atoms with van der Waals surface area (Å²) < 4.78 is 16.5. The standard InChI is InChI=1S/C22H23N3O4S/c1-4-28-18-10-5-14(11-19(18)27-2)21-23-22(29-24-21)15-12-20(26)25(13-15)16-6-8-17(30-3)9-7-16/h5-11,15H,4,12-13H2,1-3H3. The van der Waals surface area contributed by atoms with Crippen molar-refractivity contribution < 1.29 is 18.8 Å². The van der Waals surface area contributed by atoms with E-state index in [0.717, 1.165) is 16.1 Å². The average molecular weight is 426 g/mol. The number of carbonyl (C=O) groups excluding carboxylic acids is 1. The molecule has 0 spiro atoms. The topological polar surface area (TPSA) is 77.7 Å². The van der Waals surface area contributed by atoms with Gasteiger partial charge in [-0.15, -0.1) is 11.8 Å². The first-order chi connectivity index (χ1) is 14.6. The van der Waals surface area contributed by atoms with E-state index in [0.29, 0.717) is 42.8 Å². The van der Waals surface area contributed by atoms with Crippen LogP contribution < -0.4 is 14.4 Å². The number of hydrogen-bond donors (Lipinski definition) is 0. The van der Waals surface area contributed by atoms with Crippen molar-refractivity contribution in [1.29, 1.82) is 0 Å². The van der Waals surface area contributed by atoms with Gasteiger partial charge in [0.15, 0.2) is 11.5 Å². The minimum absolute atomic E-state index is 0.0550. The van der Waals surface area contributed by atoms with E-state index in [4.69, 9.17) is 14.0 Å². The second kappa shape index (κ2) is 8.79. The van der Waals surface area contributed by atoms with E-state index in [9.17, 15) is 4.79 Å². The molecule has 1 saturated heterocycles. The molecule has 1 unspecified atom stereocenters. The number of benzene rings is 2. The number of nitrogens with zero attached hydrogens (tertiary/aromatic N) is 3. The highest BCUT2D eigenvalue weighted by atomic mass is 32.2. The highest BCUT2D eigenvalue weighted by Gasteiger charge is 2.35. The maximum absolute atomic E-state index is 12.6. The molecule has 30 heavy (non-hydrogen) atoms. The van der Waals surface area contributed by atoms with Gasteiger partial charge in [-0.3, -0.25) is 4.79 Å². The Hall–Kier alpha value is -3.00. The molecule has 7 nitrogen and oxygen atoms in total. The van der Waals surface area contributed by atoms with E-state index in [1.165, 1.54) is 0 Å². The highest BCUT2D eigenvalue weighted by molar-refractivity contribution is 7.98. The lowest BCUT2D eigenvalue weighted by molar-refractivity contribution is -0.117. The van der Waals surface area contributed by atoms with Crippen molar-refractivity contribution in [2.75, 3.05) is 31.4 Å². The molecule has 1 aliphatic rings. The van der Waals surface area contributed by atoms with Crippen LogP contribution in [-0.2, 0) is 4.79 Å². The van der Waals surface area contributed by atoms with Crippen molar-refractivity contribution in [3.63, 3.8) is 0 Å². The average Bonchev–Trinajstić information content (AvgIpc) is 3.41. The Kier molecular flexibility index (Phi) is 5.94. The molecule has 0 bridgehead atoms. The van der Waals surface area contributed by atoms with Crippen molar-refractivity contribution in [1.82, 2.24) is 10.1 Å². The molecule has 0 radical (unpaired) electrons. The summed E-state index contributed by atoms with van der Waals surface area (Å²) in [6.07, 6.45) is 2.37. The highest BCUT2D eigenvalue weighted by Crippen LogP contribution is 2.34.